The summed E-state index contributed by atoms with van der Waals surface area (Å²) in [4.78, 5) is 0.383. The summed E-state index contributed by atoms with van der Waals surface area (Å²) in [6, 6.07) is 8.78. The number of nitrogens with one attached hydrogen (secondary N) is 1. The Bertz CT molecular complexity index is 1010. The Balaban J connectivity index is 2.31. The molecule has 0 aliphatic carbocycles. The molecule has 8 heteroatoms. The fraction of sp³-hybridized carbons (Fsp3) is 0.333. The van der Waals surface area contributed by atoms with Crippen molar-refractivity contribution in [2.45, 2.75) is 36.6 Å². The summed E-state index contributed by atoms with van der Waals surface area (Å²) in [5, 5.41) is 0. The summed E-state index contributed by atoms with van der Waals surface area (Å²) in [5.41, 5.74) is 2.06. The zero-order valence-electron chi connectivity index (χ0n) is 15.4. The average Bonchev–Trinajstić information content (AvgIpc) is 2.56. The molecule has 142 valence electrons. The van der Waals surface area contributed by atoms with Crippen molar-refractivity contribution in [2.24, 2.45) is 0 Å². The molecular weight excluding hydrogens is 374 g/mol. The lowest BCUT2D eigenvalue weighted by Gasteiger charge is -2.18. The molecule has 0 spiro atoms. The maximum absolute atomic E-state index is 12.8. The van der Waals surface area contributed by atoms with Crippen LogP contribution in [0.25, 0.3) is 0 Å². The number of sulfone groups is 1. The summed E-state index contributed by atoms with van der Waals surface area (Å²) in [7, 11) is -5.50. The number of benzene rings is 2. The molecule has 0 saturated carbocycles. The van der Waals surface area contributed by atoms with E-state index in [0.717, 1.165) is 11.8 Å². The molecular formula is C18H23NO5S2. The van der Waals surface area contributed by atoms with Gasteiger partial charge in [0.1, 0.15) is 5.75 Å². The molecule has 26 heavy (non-hydrogen) atoms. The van der Waals surface area contributed by atoms with Crippen LogP contribution in [0.3, 0.4) is 0 Å². The fourth-order valence-corrected chi connectivity index (χ4v) is 4.81. The van der Waals surface area contributed by atoms with Crippen LogP contribution < -0.4 is 9.46 Å². The van der Waals surface area contributed by atoms with Crippen molar-refractivity contribution in [2.75, 3.05) is 13.4 Å². The van der Waals surface area contributed by atoms with E-state index < -0.39 is 25.9 Å². The molecule has 0 unspecified atom stereocenters. The van der Waals surface area contributed by atoms with Crippen LogP contribution in [0.1, 0.15) is 29.7 Å². The number of hydrogen-bond donors (Lipinski definition) is 1. The molecule has 2 aromatic rings. The normalized spacial score (nSPS) is 13.4. The molecule has 0 bridgehead atoms. The zero-order chi connectivity index (χ0) is 19.7. The van der Waals surface area contributed by atoms with Crippen molar-refractivity contribution >= 4 is 19.9 Å². The second-order valence-electron chi connectivity index (χ2n) is 6.20. The monoisotopic (exact) mass is 397 g/mol. The lowest BCUT2D eigenvalue weighted by Crippen LogP contribution is -2.27. The lowest BCUT2D eigenvalue weighted by atomic mass is 10.1. The third kappa shape index (κ3) is 4.25. The first-order valence-corrected chi connectivity index (χ1v) is 11.3. The minimum atomic E-state index is -3.75. The third-order valence-electron chi connectivity index (χ3n) is 4.34. The largest absolute Gasteiger partial charge is 0.496 e. The van der Waals surface area contributed by atoms with Crippen molar-refractivity contribution in [3.05, 3.63) is 53.1 Å². The van der Waals surface area contributed by atoms with E-state index in [1.54, 1.807) is 39.0 Å². The number of rotatable bonds is 6. The van der Waals surface area contributed by atoms with Gasteiger partial charge in [-0.2, -0.15) is 0 Å². The molecule has 0 saturated heterocycles. The average molecular weight is 398 g/mol. The summed E-state index contributed by atoms with van der Waals surface area (Å²) in [6.45, 7) is 5.25. The zero-order valence-corrected chi connectivity index (χ0v) is 17.0. The van der Waals surface area contributed by atoms with E-state index in [9.17, 15) is 16.8 Å². The van der Waals surface area contributed by atoms with Crippen LogP contribution in [-0.4, -0.2) is 30.2 Å². The molecule has 1 N–H and O–H groups in total. The van der Waals surface area contributed by atoms with E-state index in [-0.39, 0.29) is 9.79 Å². The van der Waals surface area contributed by atoms with E-state index in [1.165, 1.54) is 25.3 Å². The molecule has 2 aromatic carbocycles. The minimum Gasteiger partial charge on any atom is -0.496 e. The van der Waals surface area contributed by atoms with E-state index in [0.29, 0.717) is 16.9 Å². The van der Waals surface area contributed by atoms with Gasteiger partial charge in [-0.3, -0.25) is 0 Å². The van der Waals surface area contributed by atoms with E-state index in [4.69, 9.17) is 4.74 Å². The van der Waals surface area contributed by atoms with Crippen molar-refractivity contribution < 1.29 is 21.6 Å². The van der Waals surface area contributed by atoms with Gasteiger partial charge in [-0.05, 0) is 61.7 Å². The fourth-order valence-electron chi connectivity index (χ4n) is 2.65. The van der Waals surface area contributed by atoms with E-state index in [1.807, 2.05) is 0 Å². The van der Waals surface area contributed by atoms with Crippen molar-refractivity contribution in [3.63, 3.8) is 0 Å². The highest BCUT2D eigenvalue weighted by atomic mass is 32.2. The molecule has 2 rings (SSSR count). The Morgan fingerprint density at radius 1 is 0.923 bits per heavy atom. The molecule has 0 radical (unpaired) electrons. The predicted molar refractivity (Wildman–Crippen MR) is 101 cm³/mol. The van der Waals surface area contributed by atoms with Gasteiger partial charge < -0.3 is 4.74 Å². The maximum atomic E-state index is 12.8. The lowest BCUT2D eigenvalue weighted by molar-refractivity contribution is 0.410. The van der Waals surface area contributed by atoms with E-state index >= 15 is 0 Å². The molecule has 0 aliphatic heterocycles. The van der Waals surface area contributed by atoms with Crippen LogP contribution >= 0.6 is 0 Å². The maximum Gasteiger partial charge on any atom is 0.241 e. The van der Waals surface area contributed by atoms with Crippen molar-refractivity contribution in [1.82, 2.24) is 4.72 Å². The van der Waals surface area contributed by atoms with Gasteiger partial charge >= 0.3 is 0 Å². The Kier molecular flexibility index (Phi) is 5.79. The second kappa shape index (κ2) is 7.38. The first kappa shape index (κ1) is 20.4. The Hall–Kier alpha value is -1.90. The quantitative estimate of drug-likeness (QED) is 0.809. The van der Waals surface area contributed by atoms with Gasteiger partial charge in [-0.1, -0.05) is 12.1 Å². The SMILES string of the molecule is COc1ccc(S(=O)(=O)N[C@@H](C)c2ccc(S(C)(=O)=O)cc2)c(C)c1C. The van der Waals surface area contributed by atoms with Gasteiger partial charge in [0.15, 0.2) is 9.84 Å². The van der Waals surface area contributed by atoms with Crippen LogP contribution in [0.15, 0.2) is 46.2 Å². The second-order valence-corrected chi connectivity index (χ2v) is 9.90. The number of methoxy groups -OCH3 is 1. The summed E-state index contributed by atoms with van der Waals surface area (Å²) in [6.07, 6.45) is 1.13. The molecule has 6 nitrogen and oxygen atoms in total. The number of ether oxygens (including phenoxy) is 1. The first-order valence-electron chi connectivity index (χ1n) is 7.94. The van der Waals surface area contributed by atoms with E-state index in [2.05, 4.69) is 4.72 Å². The van der Waals surface area contributed by atoms with Gasteiger partial charge in [-0.15, -0.1) is 0 Å². The molecule has 0 aromatic heterocycles. The van der Waals surface area contributed by atoms with Crippen molar-refractivity contribution in [1.29, 1.82) is 0 Å². The molecule has 1 atom stereocenters. The minimum absolute atomic E-state index is 0.190. The highest BCUT2D eigenvalue weighted by molar-refractivity contribution is 7.90. The topological polar surface area (TPSA) is 89.5 Å². The van der Waals surface area contributed by atoms with Crippen LogP contribution in [0.2, 0.25) is 0 Å². The molecule has 0 amide bonds. The van der Waals surface area contributed by atoms with Gasteiger partial charge in [-0.25, -0.2) is 21.6 Å². The summed E-state index contributed by atoms with van der Waals surface area (Å²) >= 11 is 0. The Morgan fingerprint density at radius 2 is 1.50 bits per heavy atom. The summed E-state index contributed by atoms with van der Waals surface area (Å²) < 4.78 is 56.4. The van der Waals surface area contributed by atoms with Crippen LogP contribution in [0.4, 0.5) is 0 Å². The van der Waals surface area contributed by atoms with Gasteiger partial charge in [0.2, 0.25) is 10.0 Å². The Labute approximate surface area is 155 Å². The third-order valence-corrected chi connectivity index (χ3v) is 7.15. The predicted octanol–water partition coefficient (Wildman–Crippen LogP) is 2.76. The smallest absolute Gasteiger partial charge is 0.241 e. The van der Waals surface area contributed by atoms with Gasteiger partial charge in [0, 0.05) is 12.3 Å². The standard InChI is InChI=1S/C18H23NO5S2/c1-12-13(2)18(11-10-17(12)24-4)26(22,23)19-14(3)15-6-8-16(9-7-15)25(5,20)21/h6-11,14,19H,1-5H3/t14-/m0/s1. The highest BCUT2D eigenvalue weighted by Crippen LogP contribution is 2.28. The first-order chi connectivity index (χ1) is 12.0. The summed E-state index contributed by atoms with van der Waals surface area (Å²) in [5.74, 6) is 0.630. The molecule has 0 heterocycles. The number of sulfonamides is 1. The van der Waals surface area contributed by atoms with Crippen LogP contribution in [0, 0.1) is 13.8 Å². The van der Waals surface area contributed by atoms with Crippen LogP contribution in [-0.2, 0) is 19.9 Å². The van der Waals surface area contributed by atoms with Gasteiger partial charge in [0.25, 0.3) is 0 Å². The highest BCUT2D eigenvalue weighted by Gasteiger charge is 2.22. The molecule has 0 aliphatic rings. The van der Waals surface area contributed by atoms with Crippen molar-refractivity contribution in [3.8, 4) is 5.75 Å². The Morgan fingerprint density at radius 3 is 2.00 bits per heavy atom. The number of hydrogen-bond acceptors (Lipinski definition) is 5. The van der Waals surface area contributed by atoms with Gasteiger partial charge in [0.05, 0.1) is 16.9 Å². The van der Waals surface area contributed by atoms with Crippen LogP contribution in [0.5, 0.6) is 5.75 Å². The molecule has 0 fully saturated rings.